The molecule has 15 heavy (non-hydrogen) atoms. The highest BCUT2D eigenvalue weighted by Gasteiger charge is 2.44. The molecule has 0 unspecified atom stereocenters. The Morgan fingerprint density at radius 2 is 1.93 bits per heavy atom. The lowest BCUT2D eigenvalue weighted by atomic mass is 9.92. The van der Waals surface area contributed by atoms with Crippen molar-refractivity contribution in [2.24, 2.45) is 17.1 Å². The van der Waals surface area contributed by atoms with Gasteiger partial charge in [-0.3, -0.25) is 0 Å². The second kappa shape index (κ2) is 4.84. The van der Waals surface area contributed by atoms with Gasteiger partial charge in [-0.05, 0) is 57.4 Å². The van der Waals surface area contributed by atoms with Crippen molar-refractivity contribution >= 4 is 0 Å². The van der Waals surface area contributed by atoms with Crippen molar-refractivity contribution in [3.63, 3.8) is 0 Å². The van der Waals surface area contributed by atoms with Crippen molar-refractivity contribution in [3.05, 3.63) is 0 Å². The third-order valence-electron chi connectivity index (χ3n) is 3.77. The summed E-state index contributed by atoms with van der Waals surface area (Å²) in [6.07, 6.45) is 5.13. The van der Waals surface area contributed by atoms with Gasteiger partial charge in [0.1, 0.15) is 0 Å². The van der Waals surface area contributed by atoms with Crippen molar-refractivity contribution in [1.29, 1.82) is 0 Å². The largest absolute Gasteiger partial charge is 0.326 e. The fourth-order valence-electron chi connectivity index (χ4n) is 2.13. The third kappa shape index (κ3) is 4.52. The van der Waals surface area contributed by atoms with Crippen LogP contribution in [0.1, 0.15) is 53.4 Å². The van der Waals surface area contributed by atoms with E-state index in [1.165, 1.54) is 25.8 Å². The Bertz CT molecular complexity index is 187. The zero-order chi connectivity index (χ0) is 11.5. The Balaban J connectivity index is 2.03. The second-order valence-corrected chi connectivity index (χ2v) is 6.29. The van der Waals surface area contributed by atoms with Gasteiger partial charge in [0.05, 0.1) is 0 Å². The van der Waals surface area contributed by atoms with E-state index >= 15 is 0 Å². The summed E-state index contributed by atoms with van der Waals surface area (Å²) in [6, 6.07) is 0. The van der Waals surface area contributed by atoms with Crippen LogP contribution in [0.15, 0.2) is 0 Å². The molecule has 0 atom stereocenters. The first-order valence-corrected chi connectivity index (χ1v) is 6.35. The average Bonchev–Trinajstić information content (AvgIpc) is 2.82. The minimum atomic E-state index is -0.00298. The van der Waals surface area contributed by atoms with Crippen LogP contribution in [0.4, 0.5) is 0 Å². The van der Waals surface area contributed by atoms with E-state index in [0.717, 1.165) is 18.9 Å². The maximum absolute atomic E-state index is 5.94. The first kappa shape index (κ1) is 13.0. The molecule has 0 heterocycles. The topological polar surface area (TPSA) is 38.0 Å². The molecule has 0 spiro atoms. The molecule has 0 saturated heterocycles. The molecule has 0 radical (unpaired) electrons. The number of hydrogen-bond acceptors (Lipinski definition) is 2. The Labute approximate surface area is 95.0 Å². The van der Waals surface area contributed by atoms with E-state index in [2.05, 4.69) is 33.0 Å². The summed E-state index contributed by atoms with van der Waals surface area (Å²) in [5.41, 5.74) is 6.57. The summed E-state index contributed by atoms with van der Waals surface area (Å²) >= 11 is 0. The number of nitrogens with one attached hydrogen (secondary N) is 1. The molecule has 0 aromatic heterocycles. The van der Waals surface area contributed by atoms with E-state index < -0.39 is 0 Å². The zero-order valence-electron chi connectivity index (χ0n) is 10.9. The van der Waals surface area contributed by atoms with Crippen LogP contribution in [0.5, 0.6) is 0 Å². The quantitative estimate of drug-likeness (QED) is 0.636. The molecule has 0 aromatic rings. The number of rotatable bonds is 7. The summed E-state index contributed by atoms with van der Waals surface area (Å²) < 4.78 is 0. The van der Waals surface area contributed by atoms with Gasteiger partial charge in [-0.1, -0.05) is 13.8 Å². The lowest BCUT2D eigenvalue weighted by molar-refractivity contribution is 0.334. The van der Waals surface area contributed by atoms with Gasteiger partial charge in [-0.15, -0.1) is 0 Å². The van der Waals surface area contributed by atoms with Crippen molar-refractivity contribution < 1.29 is 0 Å². The summed E-state index contributed by atoms with van der Waals surface area (Å²) in [7, 11) is 0. The molecule has 1 saturated carbocycles. The smallest absolute Gasteiger partial charge is 0.00975 e. The molecule has 2 heteroatoms. The zero-order valence-corrected chi connectivity index (χ0v) is 10.9. The molecule has 90 valence electrons. The van der Waals surface area contributed by atoms with Crippen LogP contribution >= 0.6 is 0 Å². The van der Waals surface area contributed by atoms with Crippen LogP contribution in [0.25, 0.3) is 0 Å². The normalized spacial score (nSPS) is 19.6. The van der Waals surface area contributed by atoms with E-state index in [1.807, 2.05) is 0 Å². The SMILES string of the molecule is CC(C)C1(CNCCCC(C)(C)N)CC1. The van der Waals surface area contributed by atoms with Gasteiger partial charge in [0.25, 0.3) is 0 Å². The Hall–Kier alpha value is -0.0800. The van der Waals surface area contributed by atoms with Crippen LogP contribution < -0.4 is 11.1 Å². The van der Waals surface area contributed by atoms with Gasteiger partial charge >= 0.3 is 0 Å². The molecule has 0 amide bonds. The van der Waals surface area contributed by atoms with E-state index in [9.17, 15) is 0 Å². The highest BCUT2D eigenvalue weighted by molar-refractivity contribution is 4.96. The predicted molar refractivity (Wildman–Crippen MR) is 66.9 cm³/mol. The van der Waals surface area contributed by atoms with E-state index in [-0.39, 0.29) is 5.54 Å². The maximum Gasteiger partial charge on any atom is 0.00975 e. The molecular formula is C13H28N2. The van der Waals surface area contributed by atoms with E-state index in [0.29, 0.717) is 5.41 Å². The van der Waals surface area contributed by atoms with Gasteiger partial charge in [0.2, 0.25) is 0 Å². The van der Waals surface area contributed by atoms with E-state index in [1.54, 1.807) is 0 Å². The van der Waals surface area contributed by atoms with Gasteiger partial charge in [0.15, 0.2) is 0 Å². The first-order valence-electron chi connectivity index (χ1n) is 6.35. The molecule has 3 N–H and O–H groups in total. The first-order chi connectivity index (χ1) is 6.86. The van der Waals surface area contributed by atoms with Crippen molar-refractivity contribution in [2.75, 3.05) is 13.1 Å². The van der Waals surface area contributed by atoms with Gasteiger partial charge in [-0.2, -0.15) is 0 Å². The van der Waals surface area contributed by atoms with Crippen LogP contribution in [-0.2, 0) is 0 Å². The third-order valence-corrected chi connectivity index (χ3v) is 3.77. The molecule has 1 fully saturated rings. The molecular weight excluding hydrogens is 184 g/mol. The molecule has 1 aliphatic carbocycles. The van der Waals surface area contributed by atoms with Crippen molar-refractivity contribution in [2.45, 2.75) is 58.9 Å². The molecule has 1 rings (SSSR count). The fourth-order valence-corrected chi connectivity index (χ4v) is 2.13. The minimum Gasteiger partial charge on any atom is -0.326 e. The maximum atomic E-state index is 5.94. The fraction of sp³-hybridized carbons (Fsp3) is 1.00. The highest BCUT2D eigenvalue weighted by Crippen LogP contribution is 2.51. The monoisotopic (exact) mass is 212 g/mol. The lowest BCUT2D eigenvalue weighted by Gasteiger charge is -2.21. The molecule has 0 aliphatic heterocycles. The standard InChI is InChI=1S/C13H28N2/c1-11(2)13(7-8-13)10-15-9-5-6-12(3,4)14/h11,15H,5-10,14H2,1-4H3. The summed E-state index contributed by atoms with van der Waals surface area (Å²) in [5, 5.41) is 3.59. The minimum absolute atomic E-state index is 0.00298. The average molecular weight is 212 g/mol. The predicted octanol–water partition coefficient (Wildman–Crippen LogP) is 2.53. The Kier molecular flexibility index (Phi) is 4.19. The summed E-state index contributed by atoms with van der Waals surface area (Å²) in [5.74, 6) is 0.830. The Morgan fingerprint density at radius 3 is 2.33 bits per heavy atom. The summed E-state index contributed by atoms with van der Waals surface area (Å²) in [6.45, 7) is 11.2. The van der Waals surface area contributed by atoms with Crippen LogP contribution in [0.3, 0.4) is 0 Å². The molecule has 0 aromatic carbocycles. The lowest BCUT2D eigenvalue weighted by Crippen LogP contribution is -2.34. The summed E-state index contributed by atoms with van der Waals surface area (Å²) in [4.78, 5) is 0. The second-order valence-electron chi connectivity index (χ2n) is 6.29. The number of hydrogen-bond donors (Lipinski definition) is 2. The van der Waals surface area contributed by atoms with Gasteiger partial charge < -0.3 is 11.1 Å². The van der Waals surface area contributed by atoms with Gasteiger partial charge in [0, 0.05) is 12.1 Å². The van der Waals surface area contributed by atoms with Crippen LogP contribution in [-0.4, -0.2) is 18.6 Å². The van der Waals surface area contributed by atoms with E-state index in [4.69, 9.17) is 5.73 Å². The molecule has 0 bridgehead atoms. The van der Waals surface area contributed by atoms with Crippen molar-refractivity contribution in [3.8, 4) is 0 Å². The Morgan fingerprint density at radius 1 is 1.33 bits per heavy atom. The van der Waals surface area contributed by atoms with Crippen LogP contribution in [0.2, 0.25) is 0 Å². The molecule has 2 nitrogen and oxygen atoms in total. The molecule has 1 aliphatic rings. The van der Waals surface area contributed by atoms with Crippen molar-refractivity contribution in [1.82, 2.24) is 5.32 Å². The highest BCUT2D eigenvalue weighted by atomic mass is 14.9. The van der Waals surface area contributed by atoms with Gasteiger partial charge in [-0.25, -0.2) is 0 Å². The van der Waals surface area contributed by atoms with Crippen LogP contribution in [0, 0.1) is 11.3 Å². The number of nitrogens with two attached hydrogens (primary N) is 1.